The molecule has 1 aromatic carbocycles. The molecular formula is C31H36N4S. The zero-order valence-electron chi connectivity index (χ0n) is 21.5. The van der Waals surface area contributed by atoms with Gasteiger partial charge in [-0.05, 0) is 94.8 Å². The molecule has 2 aromatic rings. The third-order valence-electron chi connectivity index (χ3n) is 7.24. The number of aromatic nitrogens is 2. The molecule has 2 aliphatic heterocycles. The molecule has 5 heteroatoms. The van der Waals surface area contributed by atoms with E-state index in [0.717, 1.165) is 50.6 Å². The summed E-state index contributed by atoms with van der Waals surface area (Å²) < 4.78 is 0. The summed E-state index contributed by atoms with van der Waals surface area (Å²) >= 11 is 1.88. The predicted octanol–water partition coefficient (Wildman–Crippen LogP) is 7.33. The van der Waals surface area contributed by atoms with Crippen molar-refractivity contribution in [2.45, 2.75) is 52.5 Å². The van der Waals surface area contributed by atoms with Gasteiger partial charge in [0, 0.05) is 40.0 Å². The summed E-state index contributed by atoms with van der Waals surface area (Å²) in [6.45, 7) is 11.4. The van der Waals surface area contributed by atoms with E-state index in [-0.39, 0.29) is 0 Å². The lowest BCUT2D eigenvalue weighted by molar-refractivity contribution is 0.176. The van der Waals surface area contributed by atoms with E-state index in [9.17, 15) is 0 Å². The largest absolute Gasteiger partial charge is 0.309 e. The van der Waals surface area contributed by atoms with Gasteiger partial charge in [0.25, 0.3) is 0 Å². The standard InChI is InChI=1S/C31H36N4S/c1-4-8-28-30(5-2)36-31-10-7-6-9-29(31)35(28)27-13-11-24(12-14-27)19-25-15-17-34(18-16-25)22-26-20-32-23(3)33-21-26/h4-6,8-9,11-14,20-21,25H,2,7,10,15-19,22H2,1,3H3/b8-4-. The topological polar surface area (TPSA) is 32.3 Å². The van der Waals surface area contributed by atoms with Crippen LogP contribution in [0.25, 0.3) is 0 Å². The minimum atomic E-state index is 0.745. The van der Waals surface area contributed by atoms with Gasteiger partial charge in [0.05, 0.1) is 11.4 Å². The SMILES string of the molecule is C=CC1=C(/C=C\C)N(c2ccc(CC3CCN(Cc4cnc(C)nc4)CC3)cc2)C2=C(CCC=C2)S1. The molecule has 36 heavy (non-hydrogen) atoms. The maximum absolute atomic E-state index is 4.34. The number of anilines is 1. The number of aryl methyl sites for hydroxylation is 1. The predicted molar refractivity (Wildman–Crippen MR) is 152 cm³/mol. The van der Waals surface area contributed by atoms with Crippen molar-refractivity contribution in [3.63, 3.8) is 0 Å². The highest BCUT2D eigenvalue weighted by molar-refractivity contribution is 8.07. The van der Waals surface area contributed by atoms with Gasteiger partial charge in [-0.1, -0.05) is 48.7 Å². The van der Waals surface area contributed by atoms with Crippen LogP contribution >= 0.6 is 11.8 Å². The van der Waals surface area contributed by atoms with Crippen molar-refractivity contribution < 1.29 is 0 Å². The maximum Gasteiger partial charge on any atom is 0.125 e. The Bertz CT molecular complexity index is 1200. The number of nitrogens with zero attached hydrogens (tertiary/aromatic N) is 4. The zero-order chi connectivity index (χ0) is 24.9. The number of allylic oxidation sites excluding steroid dienone is 6. The molecule has 1 fully saturated rings. The van der Waals surface area contributed by atoms with Crippen LogP contribution in [0.5, 0.6) is 0 Å². The summed E-state index contributed by atoms with van der Waals surface area (Å²) in [5, 5.41) is 0. The molecule has 4 nitrogen and oxygen atoms in total. The monoisotopic (exact) mass is 496 g/mol. The van der Waals surface area contributed by atoms with Gasteiger partial charge in [-0.3, -0.25) is 4.90 Å². The fourth-order valence-corrected chi connectivity index (χ4v) is 6.42. The number of likely N-dealkylation sites (tertiary alicyclic amines) is 1. The van der Waals surface area contributed by atoms with Gasteiger partial charge in [0.15, 0.2) is 0 Å². The van der Waals surface area contributed by atoms with Crippen LogP contribution in [0.3, 0.4) is 0 Å². The van der Waals surface area contributed by atoms with E-state index in [1.165, 1.54) is 50.9 Å². The Balaban J connectivity index is 1.25. The van der Waals surface area contributed by atoms with Crippen LogP contribution < -0.4 is 4.90 Å². The van der Waals surface area contributed by atoms with E-state index in [0.29, 0.717) is 0 Å². The number of piperidine rings is 1. The molecule has 0 unspecified atom stereocenters. The van der Waals surface area contributed by atoms with Gasteiger partial charge < -0.3 is 4.90 Å². The Kier molecular flexibility index (Phi) is 7.88. The van der Waals surface area contributed by atoms with Crippen molar-refractivity contribution in [1.29, 1.82) is 0 Å². The van der Waals surface area contributed by atoms with Crippen LogP contribution in [-0.2, 0) is 13.0 Å². The highest BCUT2D eigenvalue weighted by Gasteiger charge is 2.27. The van der Waals surface area contributed by atoms with Gasteiger partial charge in [-0.25, -0.2) is 9.97 Å². The van der Waals surface area contributed by atoms with Crippen LogP contribution in [0.1, 0.15) is 49.6 Å². The van der Waals surface area contributed by atoms with Crippen molar-refractivity contribution in [2.75, 3.05) is 18.0 Å². The number of thioether (sulfide) groups is 1. The van der Waals surface area contributed by atoms with E-state index in [2.05, 4.69) is 81.8 Å². The van der Waals surface area contributed by atoms with Crippen molar-refractivity contribution in [1.82, 2.24) is 14.9 Å². The van der Waals surface area contributed by atoms with Gasteiger partial charge >= 0.3 is 0 Å². The maximum atomic E-state index is 4.34. The Morgan fingerprint density at radius 1 is 1.08 bits per heavy atom. The van der Waals surface area contributed by atoms with Crippen LogP contribution in [0.2, 0.25) is 0 Å². The minimum absolute atomic E-state index is 0.745. The molecular weight excluding hydrogens is 460 g/mol. The van der Waals surface area contributed by atoms with E-state index in [1.807, 2.05) is 37.2 Å². The number of benzene rings is 1. The first-order chi connectivity index (χ1) is 17.6. The summed E-state index contributed by atoms with van der Waals surface area (Å²) in [5.74, 6) is 1.58. The first kappa shape index (κ1) is 24.8. The molecule has 0 saturated carbocycles. The molecule has 0 N–H and O–H groups in total. The molecule has 0 bridgehead atoms. The van der Waals surface area contributed by atoms with Crippen LogP contribution in [0.4, 0.5) is 5.69 Å². The van der Waals surface area contributed by atoms with Crippen LogP contribution in [-0.4, -0.2) is 28.0 Å². The van der Waals surface area contributed by atoms with Gasteiger partial charge in [-0.2, -0.15) is 0 Å². The minimum Gasteiger partial charge on any atom is -0.309 e. The Labute approximate surface area is 220 Å². The molecule has 0 radical (unpaired) electrons. The molecule has 0 amide bonds. The van der Waals surface area contributed by atoms with E-state index in [4.69, 9.17) is 0 Å². The Hall–Kier alpha value is -2.89. The number of rotatable bonds is 7. The lowest BCUT2D eigenvalue weighted by Crippen LogP contribution is -2.34. The highest BCUT2D eigenvalue weighted by atomic mass is 32.2. The summed E-state index contributed by atoms with van der Waals surface area (Å²) in [4.78, 5) is 16.3. The fraction of sp³-hybridized carbons (Fsp3) is 0.355. The van der Waals surface area contributed by atoms with Crippen LogP contribution in [0.15, 0.2) is 94.8 Å². The fourth-order valence-electron chi connectivity index (χ4n) is 5.32. The molecule has 5 rings (SSSR count). The quantitative estimate of drug-likeness (QED) is 0.401. The molecule has 0 spiro atoms. The van der Waals surface area contributed by atoms with E-state index in [1.54, 1.807) is 0 Å². The lowest BCUT2D eigenvalue weighted by Gasteiger charge is -2.36. The molecule has 3 heterocycles. The summed E-state index contributed by atoms with van der Waals surface area (Å²) in [6.07, 6.45) is 20.7. The second-order valence-electron chi connectivity index (χ2n) is 9.87. The van der Waals surface area contributed by atoms with E-state index < -0.39 is 0 Å². The first-order valence-electron chi connectivity index (χ1n) is 13.1. The second-order valence-corrected chi connectivity index (χ2v) is 11.0. The molecule has 186 valence electrons. The van der Waals surface area contributed by atoms with E-state index >= 15 is 0 Å². The van der Waals surface area contributed by atoms with Crippen molar-refractivity contribution >= 4 is 17.4 Å². The molecule has 1 aliphatic carbocycles. The van der Waals surface area contributed by atoms with Crippen molar-refractivity contribution in [2.24, 2.45) is 5.92 Å². The normalized spacial score (nSPS) is 19.3. The van der Waals surface area contributed by atoms with Crippen LogP contribution in [0, 0.1) is 12.8 Å². The second kappa shape index (κ2) is 11.4. The van der Waals surface area contributed by atoms with Crippen molar-refractivity contribution in [3.05, 3.63) is 112 Å². The van der Waals surface area contributed by atoms with Gasteiger partial charge in [-0.15, -0.1) is 0 Å². The average Bonchev–Trinajstić information content (AvgIpc) is 2.91. The number of hydrogen-bond donors (Lipinski definition) is 0. The van der Waals surface area contributed by atoms with Gasteiger partial charge in [0.2, 0.25) is 0 Å². The first-order valence-corrected chi connectivity index (χ1v) is 13.9. The molecule has 0 atom stereocenters. The molecule has 3 aliphatic rings. The lowest BCUT2D eigenvalue weighted by atomic mass is 9.90. The highest BCUT2D eigenvalue weighted by Crippen LogP contribution is 2.46. The summed E-state index contributed by atoms with van der Waals surface area (Å²) in [6, 6.07) is 9.27. The summed E-state index contributed by atoms with van der Waals surface area (Å²) in [5.41, 5.74) is 6.39. The smallest absolute Gasteiger partial charge is 0.125 e. The third kappa shape index (κ3) is 5.58. The molecule has 1 aromatic heterocycles. The number of hydrogen-bond acceptors (Lipinski definition) is 5. The third-order valence-corrected chi connectivity index (χ3v) is 8.50. The average molecular weight is 497 g/mol. The summed E-state index contributed by atoms with van der Waals surface area (Å²) in [7, 11) is 0. The van der Waals surface area contributed by atoms with Crippen molar-refractivity contribution in [3.8, 4) is 0 Å². The zero-order valence-corrected chi connectivity index (χ0v) is 22.3. The Morgan fingerprint density at radius 3 is 2.53 bits per heavy atom. The van der Waals surface area contributed by atoms with Gasteiger partial charge in [0.1, 0.15) is 5.82 Å². The molecule has 1 saturated heterocycles. The Morgan fingerprint density at radius 2 is 1.83 bits per heavy atom.